The molecule has 1 aromatic heterocycles. The van der Waals surface area contributed by atoms with Crippen LogP contribution in [-0.2, 0) is 16.0 Å². The minimum Gasteiger partial charge on any atom is -0.480 e. The van der Waals surface area contributed by atoms with Gasteiger partial charge >= 0.3 is 5.97 Å². The van der Waals surface area contributed by atoms with Gasteiger partial charge in [-0.3, -0.25) is 9.78 Å². The van der Waals surface area contributed by atoms with E-state index in [9.17, 15) is 9.59 Å². The minimum absolute atomic E-state index is 0.331. The van der Waals surface area contributed by atoms with Gasteiger partial charge in [0.1, 0.15) is 6.04 Å². The number of carboxylic acids is 1. The van der Waals surface area contributed by atoms with E-state index in [1.165, 1.54) is 6.92 Å². The maximum atomic E-state index is 10.8. The first-order valence-corrected chi connectivity index (χ1v) is 4.98. The van der Waals surface area contributed by atoms with Crippen LogP contribution in [0.4, 0.5) is 0 Å². The summed E-state index contributed by atoms with van der Waals surface area (Å²) >= 11 is 0. The van der Waals surface area contributed by atoms with Crippen LogP contribution in [0, 0.1) is 0 Å². The number of pyridine rings is 1. The van der Waals surface area contributed by atoms with Crippen LogP contribution in [0.2, 0.25) is 0 Å². The highest BCUT2D eigenvalue weighted by atomic mass is 16.4. The van der Waals surface area contributed by atoms with E-state index in [4.69, 9.17) is 5.11 Å². The molecular formula is C11H14N2O3. The summed E-state index contributed by atoms with van der Waals surface area (Å²) in [7, 11) is 0. The van der Waals surface area contributed by atoms with Crippen molar-refractivity contribution in [1.29, 1.82) is 0 Å². The highest BCUT2D eigenvalue weighted by Gasteiger charge is 2.17. The van der Waals surface area contributed by atoms with Crippen molar-refractivity contribution in [3.63, 3.8) is 0 Å². The lowest BCUT2D eigenvalue weighted by Crippen LogP contribution is -2.39. The van der Waals surface area contributed by atoms with Crippen LogP contribution in [0.15, 0.2) is 24.5 Å². The number of rotatable bonds is 5. The zero-order valence-electron chi connectivity index (χ0n) is 9.01. The SMILES string of the molecule is CC(=O)N[C@@H](CCc1ccncc1)C(=O)O. The Balaban J connectivity index is 2.50. The van der Waals surface area contributed by atoms with Gasteiger partial charge in [0.15, 0.2) is 0 Å². The molecule has 0 fully saturated rings. The van der Waals surface area contributed by atoms with Crippen molar-refractivity contribution in [1.82, 2.24) is 10.3 Å². The second kappa shape index (κ2) is 5.85. The molecule has 0 saturated heterocycles. The lowest BCUT2D eigenvalue weighted by molar-refractivity contribution is -0.141. The average Bonchev–Trinajstić information content (AvgIpc) is 2.25. The van der Waals surface area contributed by atoms with E-state index in [2.05, 4.69) is 10.3 Å². The molecule has 0 radical (unpaired) electrons. The molecule has 0 unspecified atom stereocenters. The normalized spacial score (nSPS) is 11.8. The highest BCUT2D eigenvalue weighted by molar-refractivity contribution is 5.82. The van der Waals surface area contributed by atoms with Crippen LogP contribution < -0.4 is 5.32 Å². The zero-order valence-corrected chi connectivity index (χ0v) is 9.01. The van der Waals surface area contributed by atoms with Crippen molar-refractivity contribution in [3.05, 3.63) is 30.1 Å². The lowest BCUT2D eigenvalue weighted by Gasteiger charge is -2.12. The summed E-state index contributed by atoms with van der Waals surface area (Å²) < 4.78 is 0. The van der Waals surface area contributed by atoms with E-state index < -0.39 is 12.0 Å². The highest BCUT2D eigenvalue weighted by Crippen LogP contribution is 2.04. The van der Waals surface area contributed by atoms with Gasteiger partial charge in [0.25, 0.3) is 0 Å². The summed E-state index contributed by atoms with van der Waals surface area (Å²) in [4.78, 5) is 25.5. The van der Waals surface area contributed by atoms with Gasteiger partial charge in [-0.05, 0) is 30.5 Å². The molecule has 1 rings (SSSR count). The Morgan fingerprint density at radius 3 is 2.56 bits per heavy atom. The monoisotopic (exact) mass is 222 g/mol. The number of hydrogen-bond acceptors (Lipinski definition) is 3. The van der Waals surface area contributed by atoms with Crippen molar-refractivity contribution in [2.24, 2.45) is 0 Å². The Morgan fingerprint density at radius 1 is 1.44 bits per heavy atom. The number of nitrogens with one attached hydrogen (secondary N) is 1. The maximum absolute atomic E-state index is 10.8. The first-order valence-electron chi connectivity index (χ1n) is 4.98. The number of carboxylic acid groups (broad SMARTS) is 1. The van der Waals surface area contributed by atoms with Gasteiger partial charge in [0, 0.05) is 19.3 Å². The molecule has 0 spiro atoms. The molecule has 0 bridgehead atoms. The molecule has 1 atom stereocenters. The van der Waals surface area contributed by atoms with Crippen LogP contribution in [0.3, 0.4) is 0 Å². The average molecular weight is 222 g/mol. The number of hydrogen-bond donors (Lipinski definition) is 2. The molecule has 0 aromatic carbocycles. The smallest absolute Gasteiger partial charge is 0.326 e. The van der Waals surface area contributed by atoms with Gasteiger partial charge in [-0.15, -0.1) is 0 Å². The second-order valence-corrected chi connectivity index (χ2v) is 3.49. The number of aliphatic carboxylic acids is 1. The molecule has 0 aliphatic carbocycles. The van der Waals surface area contributed by atoms with Gasteiger partial charge in [-0.2, -0.15) is 0 Å². The summed E-state index contributed by atoms with van der Waals surface area (Å²) in [5.41, 5.74) is 1.01. The number of aromatic nitrogens is 1. The first kappa shape index (κ1) is 12.2. The molecule has 5 heteroatoms. The lowest BCUT2D eigenvalue weighted by atomic mass is 10.1. The van der Waals surface area contributed by atoms with Gasteiger partial charge in [-0.1, -0.05) is 0 Å². The molecule has 2 N–H and O–H groups in total. The number of carbonyl (C=O) groups is 2. The molecule has 0 aliphatic heterocycles. The fraction of sp³-hybridized carbons (Fsp3) is 0.364. The van der Waals surface area contributed by atoms with Crippen molar-refractivity contribution < 1.29 is 14.7 Å². The zero-order chi connectivity index (χ0) is 12.0. The Hall–Kier alpha value is -1.91. The Kier molecular flexibility index (Phi) is 4.44. The van der Waals surface area contributed by atoms with E-state index in [1.807, 2.05) is 12.1 Å². The van der Waals surface area contributed by atoms with E-state index in [0.29, 0.717) is 12.8 Å². The number of nitrogens with zero attached hydrogens (tertiary/aromatic N) is 1. The third kappa shape index (κ3) is 4.08. The summed E-state index contributed by atoms with van der Waals surface area (Å²) in [6, 6.07) is 2.82. The predicted molar refractivity (Wildman–Crippen MR) is 57.8 cm³/mol. The minimum atomic E-state index is -1.01. The van der Waals surface area contributed by atoms with Gasteiger partial charge in [-0.25, -0.2) is 4.79 Å². The maximum Gasteiger partial charge on any atom is 0.326 e. The first-order chi connectivity index (χ1) is 7.59. The fourth-order valence-electron chi connectivity index (χ4n) is 1.36. The summed E-state index contributed by atoms with van der Waals surface area (Å²) in [6.07, 6.45) is 4.28. The fourth-order valence-corrected chi connectivity index (χ4v) is 1.36. The molecule has 16 heavy (non-hydrogen) atoms. The third-order valence-electron chi connectivity index (χ3n) is 2.15. The number of carbonyl (C=O) groups excluding carboxylic acids is 1. The van der Waals surface area contributed by atoms with Gasteiger partial charge in [0.05, 0.1) is 0 Å². The standard InChI is InChI=1S/C11H14N2O3/c1-8(14)13-10(11(15)16)3-2-9-4-6-12-7-5-9/h4-7,10H,2-3H2,1H3,(H,13,14)(H,15,16)/t10-/m0/s1. The van der Waals surface area contributed by atoms with Crippen molar-refractivity contribution in [3.8, 4) is 0 Å². The summed E-state index contributed by atoms with van der Waals surface area (Å²) in [6.45, 7) is 1.31. The molecule has 1 amide bonds. The van der Waals surface area contributed by atoms with E-state index >= 15 is 0 Å². The third-order valence-corrected chi connectivity index (χ3v) is 2.15. The van der Waals surface area contributed by atoms with E-state index in [1.54, 1.807) is 12.4 Å². The molecule has 1 heterocycles. The van der Waals surface area contributed by atoms with Gasteiger partial charge in [0.2, 0.25) is 5.91 Å². The van der Waals surface area contributed by atoms with Crippen LogP contribution in [0.5, 0.6) is 0 Å². The van der Waals surface area contributed by atoms with E-state index in [0.717, 1.165) is 5.56 Å². The molecule has 1 aromatic rings. The summed E-state index contributed by atoms with van der Waals surface area (Å²) in [5.74, 6) is -1.34. The van der Waals surface area contributed by atoms with Crippen LogP contribution in [-0.4, -0.2) is 28.0 Å². The molecule has 5 nitrogen and oxygen atoms in total. The van der Waals surface area contributed by atoms with Crippen LogP contribution >= 0.6 is 0 Å². The number of amides is 1. The largest absolute Gasteiger partial charge is 0.480 e. The molecule has 86 valence electrons. The van der Waals surface area contributed by atoms with Crippen LogP contribution in [0.1, 0.15) is 18.9 Å². The topological polar surface area (TPSA) is 79.3 Å². The second-order valence-electron chi connectivity index (χ2n) is 3.49. The molecule has 0 aliphatic rings. The van der Waals surface area contributed by atoms with Crippen molar-refractivity contribution >= 4 is 11.9 Å². The van der Waals surface area contributed by atoms with E-state index in [-0.39, 0.29) is 5.91 Å². The Morgan fingerprint density at radius 2 is 2.06 bits per heavy atom. The van der Waals surface area contributed by atoms with Crippen molar-refractivity contribution in [2.75, 3.05) is 0 Å². The predicted octanol–water partition coefficient (Wildman–Crippen LogP) is 0.603. The Labute approximate surface area is 93.5 Å². The van der Waals surface area contributed by atoms with Crippen LogP contribution in [0.25, 0.3) is 0 Å². The van der Waals surface area contributed by atoms with Gasteiger partial charge < -0.3 is 10.4 Å². The van der Waals surface area contributed by atoms with Crippen molar-refractivity contribution in [2.45, 2.75) is 25.8 Å². The quantitative estimate of drug-likeness (QED) is 0.764. The summed E-state index contributed by atoms with van der Waals surface area (Å²) in [5, 5.41) is 11.3. The Bertz CT molecular complexity index is 365. The molecular weight excluding hydrogens is 208 g/mol. The number of aryl methyl sites for hydroxylation is 1. The molecule has 0 saturated carbocycles.